The zero-order valence-corrected chi connectivity index (χ0v) is 15.6. The van der Waals surface area contributed by atoms with Gasteiger partial charge >= 0.3 is 6.18 Å². The van der Waals surface area contributed by atoms with Crippen LogP contribution in [0, 0.1) is 5.92 Å². The average Bonchev–Trinajstić information content (AvgIpc) is 2.83. The molecule has 1 aromatic heterocycles. The molecule has 0 aromatic carbocycles. The zero-order valence-electron chi connectivity index (χ0n) is 14.8. The van der Waals surface area contributed by atoms with E-state index in [9.17, 15) is 31.8 Å². The number of aliphatic hydroxyl groups excluding tert-OH is 1. The predicted octanol–water partition coefficient (Wildman–Crippen LogP) is 1.99. The van der Waals surface area contributed by atoms with E-state index < -0.39 is 44.0 Å². The van der Waals surface area contributed by atoms with Crippen LogP contribution in [0.2, 0.25) is 0 Å². The van der Waals surface area contributed by atoms with Crippen LogP contribution >= 0.6 is 0 Å². The van der Waals surface area contributed by atoms with E-state index in [2.05, 4.69) is 9.71 Å². The van der Waals surface area contributed by atoms with Gasteiger partial charge in [0.2, 0.25) is 0 Å². The lowest BCUT2D eigenvalue weighted by Crippen LogP contribution is -2.55. The van der Waals surface area contributed by atoms with Crippen molar-refractivity contribution in [1.82, 2.24) is 9.71 Å². The van der Waals surface area contributed by atoms with Gasteiger partial charge < -0.3 is 10.2 Å². The third-order valence-corrected chi connectivity index (χ3v) is 6.99. The lowest BCUT2D eigenvalue weighted by Gasteiger charge is -2.44. The van der Waals surface area contributed by atoms with Crippen molar-refractivity contribution in [2.24, 2.45) is 5.92 Å². The quantitative estimate of drug-likeness (QED) is 0.667. The summed E-state index contributed by atoms with van der Waals surface area (Å²) in [5.41, 5.74) is -3.01. The fourth-order valence-electron chi connectivity index (χ4n) is 4.22. The molecule has 10 heteroatoms. The molecule has 1 saturated carbocycles. The number of hydrogen-bond acceptors (Lipinski definition) is 5. The van der Waals surface area contributed by atoms with Crippen molar-refractivity contribution < 1.29 is 31.8 Å². The van der Waals surface area contributed by atoms with Gasteiger partial charge in [-0.3, -0.25) is 0 Å². The molecule has 0 spiro atoms. The van der Waals surface area contributed by atoms with Gasteiger partial charge in [-0.15, -0.1) is 0 Å². The minimum atomic E-state index is -4.61. The molecule has 1 aromatic rings. The molecule has 2 aliphatic rings. The summed E-state index contributed by atoms with van der Waals surface area (Å²) in [6, 6.07) is 1.47. The number of fused-ring (bicyclic) bond motifs is 1. The van der Waals surface area contributed by atoms with Gasteiger partial charge in [-0.05, 0) is 56.7 Å². The second-order valence-electron chi connectivity index (χ2n) is 7.55. The summed E-state index contributed by atoms with van der Waals surface area (Å²) in [4.78, 5) is 3.44. The topological polar surface area (TPSA) is 99.5 Å². The van der Waals surface area contributed by atoms with Crippen molar-refractivity contribution in [3.8, 4) is 0 Å². The largest absolute Gasteiger partial charge is 0.417 e. The monoisotopic (exact) mass is 406 g/mol. The first-order chi connectivity index (χ1) is 12.3. The smallest absolute Gasteiger partial charge is 0.390 e. The molecule has 1 fully saturated rings. The van der Waals surface area contributed by atoms with Gasteiger partial charge in [-0.1, -0.05) is 6.08 Å². The molecule has 0 bridgehead atoms. The fraction of sp³-hybridized carbons (Fsp3) is 0.588. The highest BCUT2D eigenvalue weighted by molar-refractivity contribution is 7.89. The second kappa shape index (κ2) is 6.26. The number of alkyl halides is 3. The molecular weight excluding hydrogens is 385 g/mol. The maximum absolute atomic E-state index is 12.6. The number of halogens is 3. The van der Waals surface area contributed by atoms with Crippen molar-refractivity contribution in [3.63, 3.8) is 0 Å². The average molecular weight is 406 g/mol. The Kier molecular flexibility index (Phi) is 4.70. The Morgan fingerprint density at radius 2 is 1.96 bits per heavy atom. The minimum Gasteiger partial charge on any atom is -0.390 e. The van der Waals surface area contributed by atoms with Gasteiger partial charge in [0.25, 0.3) is 10.0 Å². The third-order valence-electron chi connectivity index (χ3n) is 5.46. The summed E-state index contributed by atoms with van der Waals surface area (Å²) in [7, 11) is -4.18. The maximum Gasteiger partial charge on any atom is 0.417 e. The molecule has 4 atom stereocenters. The predicted molar refractivity (Wildman–Crippen MR) is 90.0 cm³/mol. The molecule has 3 rings (SSSR count). The standard InChI is InChI=1S/C17H21F3N2O4S/c1-10-7-15(2,8-11-3-5-13(23)16(10,11)24)22-27(25,26)14-6-4-12(9-21-14)17(18,19)20/h4,6-7,9,11,13,22-24H,3,5,8H2,1-2H3/t11?,13-,15+,16-/m1/s1. The van der Waals surface area contributed by atoms with Gasteiger partial charge in [0, 0.05) is 11.7 Å². The Labute approximate surface area is 155 Å². The molecule has 0 aliphatic heterocycles. The van der Waals surface area contributed by atoms with Crippen LogP contribution < -0.4 is 4.72 Å². The van der Waals surface area contributed by atoms with Gasteiger partial charge in [-0.25, -0.2) is 18.1 Å². The van der Waals surface area contributed by atoms with Gasteiger partial charge in [-0.2, -0.15) is 13.2 Å². The van der Waals surface area contributed by atoms with Crippen LogP contribution in [0.1, 0.15) is 38.7 Å². The van der Waals surface area contributed by atoms with Crippen molar-refractivity contribution in [1.29, 1.82) is 0 Å². The molecule has 1 heterocycles. The molecule has 3 N–H and O–H groups in total. The Hall–Kier alpha value is -1.49. The fourth-order valence-corrected chi connectivity index (χ4v) is 5.51. The summed E-state index contributed by atoms with van der Waals surface area (Å²) in [6.45, 7) is 3.26. The molecule has 150 valence electrons. The number of nitrogens with zero attached hydrogens (tertiary/aromatic N) is 1. The Morgan fingerprint density at radius 1 is 1.30 bits per heavy atom. The molecule has 6 nitrogen and oxygen atoms in total. The summed E-state index contributed by atoms with van der Waals surface area (Å²) in [6.07, 6.45) is -2.28. The molecule has 0 saturated heterocycles. The van der Waals surface area contributed by atoms with Crippen LogP contribution in [0.5, 0.6) is 0 Å². The second-order valence-corrected chi connectivity index (χ2v) is 9.18. The highest BCUT2D eigenvalue weighted by Gasteiger charge is 2.54. The molecule has 1 unspecified atom stereocenters. The Bertz CT molecular complexity index is 869. The third kappa shape index (κ3) is 3.51. The van der Waals surface area contributed by atoms with E-state index in [0.29, 0.717) is 30.7 Å². The summed E-state index contributed by atoms with van der Waals surface area (Å²) >= 11 is 0. The van der Waals surface area contributed by atoms with Crippen LogP contribution in [0.4, 0.5) is 13.2 Å². The van der Waals surface area contributed by atoms with E-state index in [1.54, 1.807) is 19.9 Å². The maximum atomic E-state index is 12.6. The lowest BCUT2D eigenvalue weighted by atomic mass is 9.70. The summed E-state index contributed by atoms with van der Waals surface area (Å²) < 4.78 is 65.6. The highest BCUT2D eigenvalue weighted by Crippen LogP contribution is 2.49. The van der Waals surface area contributed by atoms with Crippen molar-refractivity contribution in [2.45, 2.75) is 61.6 Å². The van der Waals surface area contributed by atoms with Gasteiger partial charge in [0.05, 0.1) is 11.7 Å². The SMILES string of the molecule is CC1=C[C@](C)(NS(=O)(=O)c2ccc(C(F)(F)F)cn2)CC2CC[C@@H](O)[C@@]12O. The highest BCUT2D eigenvalue weighted by atomic mass is 32.2. The van der Waals surface area contributed by atoms with Crippen LogP contribution in [0.15, 0.2) is 35.0 Å². The first-order valence-electron chi connectivity index (χ1n) is 8.45. The van der Waals surface area contributed by atoms with Crippen LogP contribution in [0.3, 0.4) is 0 Å². The number of nitrogens with one attached hydrogen (secondary N) is 1. The van der Waals surface area contributed by atoms with Crippen LogP contribution in [-0.4, -0.2) is 40.9 Å². The molecular formula is C17H21F3N2O4S. The van der Waals surface area contributed by atoms with E-state index in [1.807, 2.05) is 0 Å². The van der Waals surface area contributed by atoms with E-state index in [4.69, 9.17) is 0 Å². The van der Waals surface area contributed by atoms with Crippen molar-refractivity contribution >= 4 is 10.0 Å². The van der Waals surface area contributed by atoms with Crippen molar-refractivity contribution in [3.05, 3.63) is 35.5 Å². The molecule has 2 aliphatic carbocycles. The van der Waals surface area contributed by atoms with Gasteiger partial charge in [0.1, 0.15) is 5.60 Å². The first-order valence-corrected chi connectivity index (χ1v) is 9.94. The number of sulfonamides is 1. The van der Waals surface area contributed by atoms with E-state index in [0.717, 1.165) is 6.07 Å². The normalized spacial score (nSPS) is 34.3. The van der Waals surface area contributed by atoms with E-state index >= 15 is 0 Å². The Morgan fingerprint density at radius 3 is 2.52 bits per heavy atom. The Balaban J connectivity index is 1.88. The number of hydrogen-bond donors (Lipinski definition) is 3. The van der Waals surface area contributed by atoms with Crippen LogP contribution in [-0.2, 0) is 16.2 Å². The van der Waals surface area contributed by atoms with Crippen molar-refractivity contribution in [2.75, 3.05) is 0 Å². The van der Waals surface area contributed by atoms with E-state index in [-0.39, 0.29) is 12.3 Å². The number of aromatic nitrogens is 1. The number of pyridine rings is 1. The summed E-state index contributed by atoms with van der Waals surface area (Å²) in [5.74, 6) is -0.328. The van der Waals surface area contributed by atoms with Gasteiger partial charge in [0.15, 0.2) is 5.03 Å². The molecule has 27 heavy (non-hydrogen) atoms. The number of rotatable bonds is 3. The first kappa shape index (κ1) is 20.2. The lowest BCUT2D eigenvalue weighted by molar-refractivity contribution is -0.137. The molecule has 0 amide bonds. The number of aliphatic hydroxyl groups is 2. The van der Waals surface area contributed by atoms with E-state index in [1.165, 1.54) is 0 Å². The van der Waals surface area contributed by atoms with Crippen LogP contribution in [0.25, 0.3) is 0 Å². The zero-order chi connectivity index (χ0) is 20.3. The minimum absolute atomic E-state index is 0.248. The molecule has 0 radical (unpaired) electrons. The summed E-state index contributed by atoms with van der Waals surface area (Å²) in [5, 5.41) is 20.4.